The molecule has 0 bridgehead atoms. The lowest BCUT2D eigenvalue weighted by Gasteiger charge is -2.30. The highest BCUT2D eigenvalue weighted by Crippen LogP contribution is 2.30. The van der Waals surface area contributed by atoms with Crippen LogP contribution in [0.1, 0.15) is 49.3 Å². The molecular weight excluding hydrogens is 625 g/mol. The molecule has 5 N–H and O–H groups in total. The van der Waals surface area contributed by atoms with Gasteiger partial charge >= 0.3 is 6.09 Å². The molecule has 1 aliphatic heterocycles. The number of alkyl carbamates (subject to hydrolysis) is 1. The number of allylic oxidation sites excluding steroid dienone is 2. The Kier molecular flexibility index (Phi) is 13.5. The smallest absolute Gasteiger partial charge is 0.407 e. The Balaban J connectivity index is 1.25. The second kappa shape index (κ2) is 18.0. The van der Waals surface area contributed by atoms with Crippen LogP contribution in [0.3, 0.4) is 0 Å². The molecule has 256 valence electrons. The van der Waals surface area contributed by atoms with Crippen molar-refractivity contribution in [1.29, 1.82) is 0 Å². The van der Waals surface area contributed by atoms with Crippen LogP contribution in [0.25, 0.3) is 0 Å². The van der Waals surface area contributed by atoms with Gasteiger partial charge in [-0.2, -0.15) is 0 Å². The van der Waals surface area contributed by atoms with Gasteiger partial charge in [-0.25, -0.2) is 18.0 Å². The van der Waals surface area contributed by atoms with Gasteiger partial charge < -0.3 is 31.2 Å². The minimum absolute atomic E-state index is 0.0515. The highest BCUT2D eigenvalue weighted by atomic mass is 19.1. The first-order valence-electron chi connectivity index (χ1n) is 15.7. The number of hydrogen-bond acceptors (Lipinski definition) is 8. The summed E-state index contributed by atoms with van der Waals surface area (Å²) < 4.78 is 53.4. The molecular formula is C35H41F3N6O4. The lowest BCUT2D eigenvalue weighted by atomic mass is 9.88. The Morgan fingerprint density at radius 1 is 1.08 bits per heavy atom. The monoisotopic (exact) mass is 666 g/mol. The third-order valence-electron chi connectivity index (χ3n) is 7.69. The molecule has 0 saturated carbocycles. The van der Waals surface area contributed by atoms with Crippen molar-refractivity contribution >= 4 is 23.4 Å². The minimum atomic E-state index is -0.561. The maximum Gasteiger partial charge on any atom is 0.407 e. The second-order valence-corrected chi connectivity index (χ2v) is 11.6. The number of benzene rings is 2. The van der Waals surface area contributed by atoms with E-state index in [1.807, 2.05) is 6.92 Å². The molecule has 1 aliphatic rings. The number of carbonyl (C=O) groups excluding carboxylic acids is 2. The van der Waals surface area contributed by atoms with Crippen molar-refractivity contribution < 1.29 is 32.2 Å². The highest BCUT2D eigenvalue weighted by Gasteiger charge is 2.24. The Bertz CT molecular complexity index is 1530. The molecule has 13 heteroatoms. The summed E-state index contributed by atoms with van der Waals surface area (Å²) in [4.78, 5) is 33.5. The molecule has 0 spiro atoms. The Hall–Kier alpha value is -4.75. The van der Waals surface area contributed by atoms with E-state index < -0.39 is 35.4 Å². The molecule has 2 atom stereocenters. The summed E-state index contributed by atoms with van der Waals surface area (Å²) in [6.45, 7) is 5.18. The molecule has 1 aromatic heterocycles. The van der Waals surface area contributed by atoms with Gasteiger partial charge in [0.1, 0.15) is 24.1 Å². The predicted octanol–water partition coefficient (Wildman–Crippen LogP) is 5.00. The zero-order valence-corrected chi connectivity index (χ0v) is 27.0. The van der Waals surface area contributed by atoms with E-state index in [0.717, 1.165) is 11.9 Å². The van der Waals surface area contributed by atoms with E-state index in [-0.39, 0.29) is 42.8 Å². The van der Waals surface area contributed by atoms with Crippen molar-refractivity contribution in [1.82, 2.24) is 15.6 Å². The fourth-order valence-electron chi connectivity index (χ4n) is 5.29. The molecule has 2 heterocycles. The maximum absolute atomic E-state index is 15.0. The number of nitrogens with zero attached hydrogens (tertiary/aromatic N) is 2. The Morgan fingerprint density at radius 2 is 1.75 bits per heavy atom. The van der Waals surface area contributed by atoms with E-state index in [2.05, 4.69) is 25.9 Å². The molecule has 3 aromatic rings. The van der Waals surface area contributed by atoms with Crippen molar-refractivity contribution in [2.45, 2.75) is 51.2 Å². The van der Waals surface area contributed by atoms with Gasteiger partial charge in [0, 0.05) is 42.4 Å². The molecule has 2 aromatic carbocycles. The zero-order valence-electron chi connectivity index (χ0n) is 27.0. The van der Waals surface area contributed by atoms with E-state index in [9.17, 15) is 22.8 Å². The number of nitrogens with one attached hydrogen (secondary N) is 3. The lowest BCUT2D eigenvalue weighted by Crippen LogP contribution is -2.49. The van der Waals surface area contributed by atoms with Gasteiger partial charge in [0.25, 0.3) is 0 Å². The predicted molar refractivity (Wildman–Crippen MR) is 177 cm³/mol. The van der Waals surface area contributed by atoms with E-state index in [4.69, 9.17) is 15.2 Å². The number of carbonyl (C=O) groups is 2. The quantitative estimate of drug-likeness (QED) is 0.140. The second-order valence-electron chi connectivity index (χ2n) is 11.6. The van der Waals surface area contributed by atoms with Crippen molar-refractivity contribution in [3.8, 4) is 0 Å². The number of halogens is 3. The molecule has 1 fully saturated rings. The summed E-state index contributed by atoms with van der Waals surface area (Å²) in [6, 6.07) is 11.3. The van der Waals surface area contributed by atoms with Crippen LogP contribution in [0.2, 0.25) is 0 Å². The topological polar surface area (TPSA) is 140 Å². The van der Waals surface area contributed by atoms with Gasteiger partial charge in [-0.05, 0) is 68.2 Å². The van der Waals surface area contributed by atoms with Crippen molar-refractivity contribution in [2.75, 3.05) is 38.2 Å². The average molecular weight is 667 g/mol. The summed E-state index contributed by atoms with van der Waals surface area (Å²) in [5, 5.41) is 8.72. The van der Waals surface area contributed by atoms with E-state index in [1.54, 1.807) is 37.3 Å². The van der Waals surface area contributed by atoms with Gasteiger partial charge in [-0.1, -0.05) is 24.3 Å². The van der Waals surface area contributed by atoms with Crippen LogP contribution in [0, 0.1) is 17.5 Å². The number of anilines is 1. The third-order valence-corrected chi connectivity index (χ3v) is 7.69. The first kappa shape index (κ1) is 36.1. The summed E-state index contributed by atoms with van der Waals surface area (Å²) in [7, 11) is 0. The van der Waals surface area contributed by atoms with Crippen molar-refractivity contribution in [2.24, 2.45) is 10.7 Å². The number of nitrogens with two attached hydrogens (primary N) is 1. The van der Waals surface area contributed by atoms with Gasteiger partial charge in [-0.3, -0.25) is 14.8 Å². The van der Waals surface area contributed by atoms with Crippen LogP contribution >= 0.6 is 0 Å². The van der Waals surface area contributed by atoms with Gasteiger partial charge in [0.2, 0.25) is 5.91 Å². The molecule has 0 unspecified atom stereocenters. The standard InChI is InChI=1S/C35H41F3N6O4/c1-22(39)15-23(2)41-13-14-42-35(46)48-21-28-20-47-29(17-43-28)11-12-30-32(38)18-40-19-33(30)44-34(45)16-31(24-3-7-26(36)8-4-24)25-5-9-27(37)10-6-25/h3-10,15,18-19,28-29,31,43H,11-14,16-17,20-21,39H2,1-2H3,(H,42,46)(H,44,45)/b22-15-,41-23?/t28-,29+/m0/s1. The van der Waals surface area contributed by atoms with E-state index >= 15 is 0 Å². The van der Waals surface area contributed by atoms with Crippen LogP contribution in [-0.2, 0) is 20.7 Å². The summed E-state index contributed by atoms with van der Waals surface area (Å²) >= 11 is 0. The number of amides is 2. The highest BCUT2D eigenvalue weighted by molar-refractivity contribution is 5.93. The summed E-state index contributed by atoms with van der Waals surface area (Å²) in [5.74, 6) is -2.30. The minimum Gasteiger partial charge on any atom is -0.448 e. The first-order valence-corrected chi connectivity index (χ1v) is 15.7. The van der Waals surface area contributed by atoms with Crippen molar-refractivity contribution in [3.05, 3.63) is 107 Å². The summed E-state index contributed by atoms with van der Waals surface area (Å²) in [5.41, 5.74) is 8.92. The van der Waals surface area contributed by atoms with Crippen LogP contribution in [0.15, 0.2) is 77.7 Å². The Labute approximate surface area is 278 Å². The third kappa shape index (κ3) is 11.5. The SMILES string of the molecule is CC(/C=C(/C)N)=NCCNC(=O)OC[C@@H]1CO[C@H](CCc2c(F)cncc2NC(=O)CC(c2ccc(F)cc2)c2ccc(F)cc2)CN1. The number of hydrogen-bond donors (Lipinski definition) is 4. The number of ether oxygens (including phenoxy) is 2. The number of aliphatic imine (C=N–C) groups is 1. The maximum atomic E-state index is 15.0. The number of aromatic nitrogens is 1. The van der Waals surface area contributed by atoms with Crippen LogP contribution < -0.4 is 21.7 Å². The first-order chi connectivity index (χ1) is 23.1. The van der Waals surface area contributed by atoms with Gasteiger partial charge in [-0.15, -0.1) is 0 Å². The van der Waals surface area contributed by atoms with Crippen molar-refractivity contribution in [3.63, 3.8) is 0 Å². The fraction of sp³-hybridized carbons (Fsp3) is 0.371. The average Bonchev–Trinajstić information content (AvgIpc) is 3.05. The van der Waals surface area contributed by atoms with E-state index in [0.29, 0.717) is 49.5 Å². The number of rotatable bonds is 14. The molecule has 2 amide bonds. The molecule has 0 aliphatic carbocycles. The van der Waals surface area contributed by atoms with Gasteiger partial charge in [0.05, 0.1) is 43.4 Å². The fourth-order valence-corrected chi connectivity index (χ4v) is 5.29. The zero-order chi connectivity index (χ0) is 34.5. The van der Waals surface area contributed by atoms with Crippen LogP contribution in [-0.4, -0.2) is 67.7 Å². The molecule has 10 nitrogen and oxygen atoms in total. The Morgan fingerprint density at radius 3 is 2.35 bits per heavy atom. The van der Waals surface area contributed by atoms with Crippen LogP contribution in [0.5, 0.6) is 0 Å². The van der Waals surface area contributed by atoms with Crippen LogP contribution in [0.4, 0.5) is 23.7 Å². The summed E-state index contributed by atoms with van der Waals surface area (Å²) in [6.07, 6.45) is 4.11. The molecule has 1 saturated heterocycles. The lowest BCUT2D eigenvalue weighted by molar-refractivity contribution is -0.116. The molecule has 0 radical (unpaired) electrons. The molecule has 48 heavy (non-hydrogen) atoms. The normalized spacial score (nSPS) is 16.9. The molecule has 4 rings (SSSR count). The number of pyridine rings is 1. The van der Waals surface area contributed by atoms with Gasteiger partial charge in [0.15, 0.2) is 0 Å². The number of morpholine rings is 1. The van der Waals surface area contributed by atoms with E-state index in [1.165, 1.54) is 30.5 Å². The largest absolute Gasteiger partial charge is 0.448 e.